The Morgan fingerprint density at radius 2 is 1.96 bits per heavy atom. The standard InChI is InChI=1S/C18H21NO6/c1-12(2)24-16(21)18(11-19(22)23,14-7-5-13(3)6-8-14)17(4)10-9-15(20)25-17/h5-10,12H,11H2,1-4H3/t17-,18-/m1/s1. The van der Waals surface area contributed by atoms with E-state index >= 15 is 0 Å². The molecule has 0 amide bonds. The molecule has 0 fully saturated rings. The summed E-state index contributed by atoms with van der Waals surface area (Å²) in [7, 11) is 0. The number of cyclic esters (lactones) is 1. The van der Waals surface area contributed by atoms with Crippen molar-refractivity contribution in [3.05, 3.63) is 57.7 Å². The second-order valence-corrected chi connectivity index (χ2v) is 6.58. The molecule has 0 spiro atoms. The number of hydrogen-bond acceptors (Lipinski definition) is 6. The van der Waals surface area contributed by atoms with Crippen molar-refractivity contribution in [1.29, 1.82) is 0 Å². The van der Waals surface area contributed by atoms with Crippen LogP contribution in [0, 0.1) is 17.0 Å². The monoisotopic (exact) mass is 347 g/mol. The fourth-order valence-corrected chi connectivity index (χ4v) is 3.00. The molecule has 0 saturated heterocycles. The topological polar surface area (TPSA) is 95.7 Å². The van der Waals surface area contributed by atoms with Gasteiger partial charge < -0.3 is 9.47 Å². The number of nitro groups is 1. The summed E-state index contributed by atoms with van der Waals surface area (Å²) in [5, 5.41) is 11.5. The molecule has 0 aliphatic carbocycles. The second kappa shape index (κ2) is 6.66. The average molecular weight is 347 g/mol. The van der Waals surface area contributed by atoms with E-state index in [0.717, 1.165) is 5.56 Å². The van der Waals surface area contributed by atoms with Crippen LogP contribution in [0.4, 0.5) is 0 Å². The van der Waals surface area contributed by atoms with Gasteiger partial charge in [0.2, 0.25) is 6.54 Å². The molecule has 1 aromatic rings. The van der Waals surface area contributed by atoms with Crippen molar-refractivity contribution in [2.75, 3.05) is 6.54 Å². The van der Waals surface area contributed by atoms with Crippen LogP contribution in [0.2, 0.25) is 0 Å². The van der Waals surface area contributed by atoms with Gasteiger partial charge in [0.05, 0.1) is 6.10 Å². The molecule has 0 radical (unpaired) electrons. The molecule has 0 bridgehead atoms. The zero-order valence-corrected chi connectivity index (χ0v) is 14.6. The summed E-state index contributed by atoms with van der Waals surface area (Å²) in [5.41, 5.74) is -2.03. The molecule has 2 atom stereocenters. The average Bonchev–Trinajstić information content (AvgIpc) is 2.85. The van der Waals surface area contributed by atoms with Crippen molar-refractivity contribution in [1.82, 2.24) is 0 Å². The van der Waals surface area contributed by atoms with Crippen LogP contribution in [0.1, 0.15) is 31.9 Å². The molecule has 1 aliphatic heterocycles. The van der Waals surface area contributed by atoms with Gasteiger partial charge in [0.25, 0.3) is 0 Å². The molecule has 7 heteroatoms. The van der Waals surface area contributed by atoms with E-state index in [4.69, 9.17) is 9.47 Å². The van der Waals surface area contributed by atoms with Crippen molar-refractivity contribution in [2.45, 2.75) is 44.8 Å². The van der Waals surface area contributed by atoms with Crippen molar-refractivity contribution < 1.29 is 24.0 Å². The molecule has 134 valence electrons. The Labute approximate surface area is 145 Å². The van der Waals surface area contributed by atoms with Crippen LogP contribution in [0.15, 0.2) is 36.4 Å². The van der Waals surface area contributed by atoms with Crippen LogP contribution in [-0.2, 0) is 24.5 Å². The van der Waals surface area contributed by atoms with Gasteiger partial charge in [0.1, 0.15) is 0 Å². The number of nitrogens with zero attached hydrogens (tertiary/aromatic N) is 1. The van der Waals surface area contributed by atoms with E-state index in [2.05, 4.69) is 0 Å². The number of hydrogen-bond donors (Lipinski definition) is 0. The maximum Gasteiger partial charge on any atom is 0.331 e. The summed E-state index contributed by atoms with van der Waals surface area (Å²) < 4.78 is 10.7. The zero-order valence-electron chi connectivity index (χ0n) is 14.6. The first kappa shape index (κ1) is 18.6. The molecule has 25 heavy (non-hydrogen) atoms. The minimum absolute atomic E-state index is 0.363. The first-order chi connectivity index (χ1) is 11.6. The number of aryl methyl sites for hydroxylation is 1. The highest BCUT2D eigenvalue weighted by molar-refractivity contribution is 5.91. The Morgan fingerprint density at radius 1 is 1.36 bits per heavy atom. The molecule has 2 rings (SSSR count). The number of carbonyl (C=O) groups excluding carboxylic acids is 2. The maximum atomic E-state index is 13.0. The molecule has 1 heterocycles. The second-order valence-electron chi connectivity index (χ2n) is 6.58. The Hall–Kier alpha value is -2.70. The molecule has 0 unspecified atom stereocenters. The minimum atomic E-state index is -1.79. The highest BCUT2D eigenvalue weighted by Gasteiger charge is 2.63. The van der Waals surface area contributed by atoms with E-state index in [0.29, 0.717) is 5.56 Å². The summed E-state index contributed by atoms with van der Waals surface area (Å²) in [4.78, 5) is 35.6. The van der Waals surface area contributed by atoms with Crippen LogP contribution < -0.4 is 0 Å². The lowest BCUT2D eigenvalue weighted by Gasteiger charge is -2.40. The number of ether oxygens (including phenoxy) is 2. The Morgan fingerprint density at radius 3 is 2.40 bits per heavy atom. The highest BCUT2D eigenvalue weighted by Crippen LogP contribution is 2.43. The summed E-state index contributed by atoms with van der Waals surface area (Å²) in [5.74, 6) is -1.45. The smallest absolute Gasteiger partial charge is 0.331 e. The lowest BCUT2D eigenvalue weighted by Crippen LogP contribution is -2.59. The quantitative estimate of drug-likeness (QED) is 0.445. The number of carbonyl (C=O) groups is 2. The third-order valence-electron chi connectivity index (χ3n) is 4.30. The summed E-state index contributed by atoms with van der Waals surface area (Å²) in [6.45, 7) is 5.89. The number of benzene rings is 1. The van der Waals surface area contributed by atoms with Crippen LogP contribution in [0.25, 0.3) is 0 Å². The molecule has 7 nitrogen and oxygen atoms in total. The van der Waals surface area contributed by atoms with Crippen LogP contribution in [0.5, 0.6) is 0 Å². The van der Waals surface area contributed by atoms with Crippen molar-refractivity contribution in [2.24, 2.45) is 0 Å². The van der Waals surface area contributed by atoms with E-state index in [-0.39, 0.29) is 0 Å². The Balaban J connectivity index is 2.71. The molecule has 0 saturated carbocycles. The van der Waals surface area contributed by atoms with Gasteiger partial charge in [0.15, 0.2) is 11.0 Å². The van der Waals surface area contributed by atoms with E-state index in [1.165, 1.54) is 19.1 Å². The molecule has 1 aromatic carbocycles. The number of rotatable bonds is 6. The predicted molar refractivity (Wildman–Crippen MR) is 89.6 cm³/mol. The highest BCUT2D eigenvalue weighted by atomic mass is 16.6. The van der Waals surface area contributed by atoms with E-state index in [1.54, 1.807) is 38.1 Å². The lowest BCUT2D eigenvalue weighted by molar-refractivity contribution is -0.492. The van der Waals surface area contributed by atoms with Gasteiger partial charge in [-0.15, -0.1) is 0 Å². The zero-order chi connectivity index (χ0) is 18.8. The first-order valence-corrected chi connectivity index (χ1v) is 7.93. The molecule has 1 aliphatic rings. The third kappa shape index (κ3) is 3.40. The number of esters is 2. The molecule has 0 aromatic heterocycles. The lowest BCUT2D eigenvalue weighted by atomic mass is 9.67. The maximum absolute atomic E-state index is 13.0. The van der Waals surface area contributed by atoms with Crippen LogP contribution in [0.3, 0.4) is 0 Å². The van der Waals surface area contributed by atoms with Gasteiger partial charge in [-0.3, -0.25) is 14.9 Å². The van der Waals surface area contributed by atoms with E-state index in [9.17, 15) is 19.7 Å². The minimum Gasteiger partial charge on any atom is -0.462 e. The van der Waals surface area contributed by atoms with Gasteiger partial charge in [-0.1, -0.05) is 29.8 Å². The van der Waals surface area contributed by atoms with Crippen LogP contribution in [-0.4, -0.2) is 35.1 Å². The van der Waals surface area contributed by atoms with Gasteiger partial charge >= 0.3 is 11.9 Å². The first-order valence-electron chi connectivity index (χ1n) is 7.93. The van der Waals surface area contributed by atoms with E-state index in [1.807, 2.05) is 6.92 Å². The normalized spacial score (nSPS) is 21.7. The fourth-order valence-electron chi connectivity index (χ4n) is 3.00. The largest absolute Gasteiger partial charge is 0.462 e. The van der Waals surface area contributed by atoms with Crippen molar-refractivity contribution >= 4 is 11.9 Å². The predicted octanol–water partition coefficient (Wildman–Crippen LogP) is 2.33. The van der Waals surface area contributed by atoms with Gasteiger partial charge in [0, 0.05) is 11.0 Å². The molecule has 0 N–H and O–H groups in total. The Bertz CT molecular complexity index is 724. The molecular formula is C18H21NO6. The summed E-state index contributed by atoms with van der Waals surface area (Å²) >= 11 is 0. The van der Waals surface area contributed by atoms with Crippen molar-refractivity contribution in [3.8, 4) is 0 Å². The van der Waals surface area contributed by atoms with Gasteiger partial charge in [-0.05, 0) is 39.3 Å². The third-order valence-corrected chi connectivity index (χ3v) is 4.30. The van der Waals surface area contributed by atoms with Crippen LogP contribution >= 0.6 is 0 Å². The fraction of sp³-hybridized carbons (Fsp3) is 0.444. The van der Waals surface area contributed by atoms with Gasteiger partial charge in [-0.2, -0.15) is 0 Å². The SMILES string of the molecule is Cc1ccc([C@](C[N+](=O)[O-])(C(=O)OC(C)C)[C@@]2(C)C=CC(=O)O2)cc1. The van der Waals surface area contributed by atoms with E-state index < -0.39 is 40.5 Å². The Kier molecular flexibility index (Phi) is 4.97. The summed E-state index contributed by atoms with van der Waals surface area (Å²) in [6.07, 6.45) is 2.08. The summed E-state index contributed by atoms with van der Waals surface area (Å²) in [6, 6.07) is 6.75. The van der Waals surface area contributed by atoms with Crippen molar-refractivity contribution in [3.63, 3.8) is 0 Å². The molecular weight excluding hydrogens is 326 g/mol. The van der Waals surface area contributed by atoms with Gasteiger partial charge in [-0.25, -0.2) is 4.79 Å².